The van der Waals surface area contributed by atoms with E-state index in [1.165, 1.54) is 49.8 Å². The first kappa shape index (κ1) is 21.4. The molecule has 0 amide bonds. The number of hydrogen-bond acceptors (Lipinski definition) is 3. The summed E-state index contributed by atoms with van der Waals surface area (Å²) in [5, 5.41) is 0.541. The van der Waals surface area contributed by atoms with E-state index in [1.807, 2.05) is 42.6 Å². The van der Waals surface area contributed by atoms with Gasteiger partial charge < -0.3 is 4.57 Å². The van der Waals surface area contributed by atoms with Crippen LogP contribution in [-0.4, -0.2) is 26.3 Å². The summed E-state index contributed by atoms with van der Waals surface area (Å²) in [6.07, 6.45) is 13.9. The van der Waals surface area contributed by atoms with E-state index in [4.69, 9.17) is 0 Å². The second kappa shape index (κ2) is 13.3. The molecule has 0 aliphatic rings. The summed E-state index contributed by atoms with van der Waals surface area (Å²) < 4.78 is 15.2. The lowest BCUT2D eigenvalue weighted by Crippen LogP contribution is -2.15. The molecule has 0 fully saturated rings. The van der Waals surface area contributed by atoms with E-state index in [2.05, 4.69) is 28.2 Å². The number of benzene rings is 1. The largest absolute Gasteiger partial charge is 0.336 e. The highest BCUT2D eigenvalue weighted by atomic mass is 32.2. The third kappa shape index (κ3) is 9.13. The zero-order chi connectivity index (χ0) is 18.5. The summed E-state index contributed by atoms with van der Waals surface area (Å²) >= 11 is 4.03. The number of imidazole rings is 1. The van der Waals surface area contributed by atoms with Crippen molar-refractivity contribution in [3.63, 3.8) is 0 Å². The van der Waals surface area contributed by atoms with Gasteiger partial charge in [-0.25, -0.2) is 9.37 Å². The van der Waals surface area contributed by atoms with Gasteiger partial charge in [0.1, 0.15) is 5.82 Å². The minimum atomic E-state index is -0.164. The topological polar surface area (TPSA) is 17.8 Å². The molecule has 2 rings (SSSR count). The van der Waals surface area contributed by atoms with Crippen molar-refractivity contribution in [1.82, 2.24) is 9.55 Å². The van der Waals surface area contributed by atoms with Gasteiger partial charge in [0.2, 0.25) is 0 Å². The Bertz CT molecular complexity index is 572. The van der Waals surface area contributed by atoms with Crippen LogP contribution in [0, 0.1) is 5.82 Å². The summed E-state index contributed by atoms with van der Waals surface area (Å²) in [5.41, 5.74) is 1.19. The van der Waals surface area contributed by atoms with Crippen LogP contribution in [0.3, 0.4) is 0 Å². The second-order valence-corrected chi connectivity index (χ2v) is 9.10. The average molecular weight is 395 g/mol. The van der Waals surface area contributed by atoms with E-state index in [0.29, 0.717) is 5.25 Å². The van der Waals surface area contributed by atoms with Gasteiger partial charge in [0.15, 0.2) is 0 Å². The van der Waals surface area contributed by atoms with Crippen molar-refractivity contribution in [2.75, 3.05) is 11.5 Å². The van der Waals surface area contributed by atoms with Crippen molar-refractivity contribution in [3.8, 4) is 0 Å². The number of aromatic nitrogens is 2. The molecule has 0 saturated heterocycles. The van der Waals surface area contributed by atoms with Crippen LogP contribution in [-0.2, 0) is 12.3 Å². The molecule has 0 aliphatic carbocycles. The minimum absolute atomic E-state index is 0.164. The molecule has 1 heterocycles. The van der Waals surface area contributed by atoms with E-state index < -0.39 is 0 Å². The smallest absolute Gasteiger partial charge is 0.123 e. The zero-order valence-electron chi connectivity index (χ0n) is 15.8. The van der Waals surface area contributed by atoms with Gasteiger partial charge in [0.05, 0.1) is 6.33 Å². The predicted molar refractivity (Wildman–Crippen MR) is 114 cm³/mol. The summed E-state index contributed by atoms with van der Waals surface area (Å²) in [5.74, 6) is 3.17. The Morgan fingerprint density at radius 2 is 1.85 bits per heavy atom. The highest BCUT2D eigenvalue weighted by Gasteiger charge is 2.11. The number of halogens is 1. The fourth-order valence-electron chi connectivity index (χ4n) is 2.78. The lowest BCUT2D eigenvalue weighted by atomic mass is 10.1. The standard InChI is InChI=1S/C21H31FN2S2/c1-2-3-4-5-6-7-14-25-17-21(15-24-13-12-23-18-24)26-16-19-8-10-20(22)11-9-19/h8-13,18,21H,2-7,14-17H2,1H3. The summed E-state index contributed by atoms with van der Waals surface area (Å²) in [6, 6.07) is 6.88. The molecule has 0 spiro atoms. The summed E-state index contributed by atoms with van der Waals surface area (Å²) in [4.78, 5) is 4.15. The van der Waals surface area contributed by atoms with Crippen molar-refractivity contribution >= 4 is 23.5 Å². The fourth-order valence-corrected chi connectivity index (χ4v) is 5.29. The van der Waals surface area contributed by atoms with Crippen molar-refractivity contribution in [3.05, 3.63) is 54.4 Å². The van der Waals surface area contributed by atoms with Gasteiger partial charge in [-0.1, -0.05) is 51.2 Å². The van der Waals surface area contributed by atoms with Crippen LogP contribution in [0.4, 0.5) is 4.39 Å². The molecule has 26 heavy (non-hydrogen) atoms. The van der Waals surface area contributed by atoms with Gasteiger partial charge >= 0.3 is 0 Å². The van der Waals surface area contributed by atoms with Gasteiger partial charge in [-0.15, -0.1) is 0 Å². The lowest BCUT2D eigenvalue weighted by molar-refractivity contribution is 0.626. The Balaban J connectivity index is 1.70. The maximum atomic E-state index is 13.1. The van der Waals surface area contributed by atoms with E-state index in [1.54, 1.807) is 12.1 Å². The van der Waals surface area contributed by atoms with Crippen LogP contribution in [0.25, 0.3) is 0 Å². The maximum Gasteiger partial charge on any atom is 0.123 e. The van der Waals surface area contributed by atoms with Crippen LogP contribution in [0.1, 0.15) is 51.0 Å². The van der Waals surface area contributed by atoms with Crippen LogP contribution in [0.5, 0.6) is 0 Å². The molecular formula is C21H31FN2S2. The first-order valence-corrected chi connectivity index (χ1v) is 11.9. The molecule has 0 radical (unpaired) electrons. The number of unbranched alkanes of at least 4 members (excludes halogenated alkanes) is 5. The molecule has 1 aromatic heterocycles. The SMILES string of the molecule is CCCCCCCCSCC(Cn1ccnc1)SCc1ccc(F)cc1. The summed E-state index contributed by atoms with van der Waals surface area (Å²) in [7, 11) is 0. The molecule has 1 aromatic carbocycles. The molecule has 1 atom stereocenters. The highest BCUT2D eigenvalue weighted by molar-refractivity contribution is 8.03. The van der Waals surface area contributed by atoms with E-state index in [0.717, 1.165) is 18.1 Å². The van der Waals surface area contributed by atoms with Gasteiger partial charge in [-0.3, -0.25) is 0 Å². The third-order valence-electron chi connectivity index (χ3n) is 4.32. The average Bonchev–Trinajstić information content (AvgIpc) is 3.16. The molecule has 5 heteroatoms. The van der Waals surface area contributed by atoms with Crippen molar-refractivity contribution in [2.24, 2.45) is 0 Å². The first-order chi connectivity index (χ1) is 12.8. The molecule has 0 bridgehead atoms. The van der Waals surface area contributed by atoms with E-state index in [9.17, 15) is 4.39 Å². The Morgan fingerprint density at radius 1 is 1.08 bits per heavy atom. The molecule has 144 valence electrons. The normalized spacial score (nSPS) is 12.4. The number of nitrogens with zero attached hydrogens (tertiary/aromatic N) is 2. The second-order valence-electron chi connectivity index (χ2n) is 6.66. The number of hydrogen-bond donors (Lipinski definition) is 0. The Labute approximate surface area is 166 Å². The predicted octanol–water partition coefficient (Wildman–Crippen LogP) is 6.42. The lowest BCUT2D eigenvalue weighted by Gasteiger charge is -2.17. The van der Waals surface area contributed by atoms with E-state index >= 15 is 0 Å². The highest BCUT2D eigenvalue weighted by Crippen LogP contribution is 2.24. The van der Waals surface area contributed by atoms with E-state index in [-0.39, 0.29) is 5.82 Å². The van der Waals surface area contributed by atoms with Crippen molar-refractivity contribution in [2.45, 2.75) is 63.0 Å². The molecule has 2 aromatic rings. The number of thioether (sulfide) groups is 2. The molecule has 1 unspecified atom stereocenters. The minimum Gasteiger partial charge on any atom is -0.336 e. The van der Waals surface area contributed by atoms with Crippen molar-refractivity contribution in [1.29, 1.82) is 0 Å². The van der Waals surface area contributed by atoms with Crippen LogP contribution >= 0.6 is 23.5 Å². The van der Waals surface area contributed by atoms with Crippen LogP contribution in [0.15, 0.2) is 43.0 Å². The molecule has 0 saturated carbocycles. The molecular weight excluding hydrogens is 363 g/mol. The van der Waals surface area contributed by atoms with Gasteiger partial charge in [0, 0.05) is 35.7 Å². The Morgan fingerprint density at radius 3 is 2.58 bits per heavy atom. The zero-order valence-corrected chi connectivity index (χ0v) is 17.4. The van der Waals surface area contributed by atoms with Gasteiger partial charge in [-0.05, 0) is 29.9 Å². The van der Waals surface area contributed by atoms with Crippen molar-refractivity contribution < 1.29 is 4.39 Å². The van der Waals surface area contributed by atoms with Gasteiger partial charge in [-0.2, -0.15) is 23.5 Å². The summed E-state index contributed by atoms with van der Waals surface area (Å²) in [6.45, 7) is 3.25. The monoisotopic (exact) mass is 394 g/mol. The quantitative estimate of drug-likeness (QED) is 0.344. The number of rotatable bonds is 14. The molecule has 2 nitrogen and oxygen atoms in total. The fraction of sp³-hybridized carbons (Fsp3) is 0.571. The Hall–Kier alpha value is -0.940. The first-order valence-electron chi connectivity index (χ1n) is 9.67. The molecule has 0 N–H and O–H groups in total. The van der Waals surface area contributed by atoms with Gasteiger partial charge in [0.25, 0.3) is 0 Å². The third-order valence-corrected chi connectivity index (χ3v) is 7.03. The molecule has 0 aliphatic heterocycles. The Kier molecular flexibility index (Phi) is 10.9. The maximum absolute atomic E-state index is 13.1. The van der Waals surface area contributed by atoms with Crippen LogP contribution in [0.2, 0.25) is 0 Å². The van der Waals surface area contributed by atoms with Crippen LogP contribution < -0.4 is 0 Å².